The second-order valence-corrected chi connectivity index (χ2v) is 9.89. The maximum absolute atomic E-state index is 11.5. The van der Waals surface area contributed by atoms with Gasteiger partial charge in [-0.15, -0.1) is 5.10 Å². The van der Waals surface area contributed by atoms with Crippen molar-refractivity contribution in [1.82, 2.24) is 24.9 Å². The monoisotopic (exact) mass is 576 g/mol. The lowest BCUT2D eigenvalue weighted by Gasteiger charge is -2.39. The zero-order valence-electron chi connectivity index (χ0n) is 20.2. The third-order valence-corrected chi connectivity index (χ3v) is 6.67. The van der Waals surface area contributed by atoms with E-state index in [1.807, 2.05) is 19.1 Å². The fourth-order valence-electron chi connectivity index (χ4n) is 4.15. The van der Waals surface area contributed by atoms with Gasteiger partial charge in [-0.25, -0.2) is 14.3 Å². The number of carboxylic acid groups (broad SMARTS) is 1. The molecule has 16 nitrogen and oxygen atoms in total. The van der Waals surface area contributed by atoms with Gasteiger partial charge in [0.1, 0.15) is 12.2 Å². The number of benzene rings is 1. The van der Waals surface area contributed by atoms with Gasteiger partial charge in [-0.3, -0.25) is 4.52 Å². The van der Waals surface area contributed by atoms with Crippen LogP contribution >= 0.6 is 19.4 Å². The van der Waals surface area contributed by atoms with Gasteiger partial charge in [-0.2, -0.15) is 20.0 Å². The van der Waals surface area contributed by atoms with Gasteiger partial charge in [0.2, 0.25) is 5.95 Å². The number of hydrogen-bond acceptors (Lipinski definition) is 11. The Hall–Kier alpha value is -4.18. The van der Waals surface area contributed by atoms with Gasteiger partial charge in [-0.05, 0) is 25.5 Å². The van der Waals surface area contributed by atoms with Crippen molar-refractivity contribution < 1.29 is 28.8 Å². The second-order valence-electron chi connectivity index (χ2n) is 8.32. The van der Waals surface area contributed by atoms with Crippen molar-refractivity contribution >= 4 is 54.3 Å². The number of hydrogen-bond donors (Lipinski definition) is 6. The first-order valence-electron chi connectivity index (χ1n) is 11.4. The van der Waals surface area contributed by atoms with Crippen LogP contribution in [0.15, 0.2) is 18.3 Å². The lowest BCUT2D eigenvalue weighted by atomic mass is 10.0. The highest BCUT2D eigenvalue weighted by Gasteiger charge is 2.36. The molecule has 0 bridgehead atoms. The minimum Gasteiger partial charge on any atom is -0.465 e. The Kier molecular flexibility index (Phi) is 8.06. The smallest absolute Gasteiger partial charge is 0.465 e. The number of rotatable bonds is 8. The molecule has 3 heterocycles. The van der Waals surface area contributed by atoms with E-state index in [9.17, 15) is 29.7 Å². The third kappa shape index (κ3) is 6.28. The number of phosphoric ester groups is 1. The molecule has 0 radical (unpaired) electrons. The number of imidazole rings is 1. The summed E-state index contributed by atoms with van der Waals surface area (Å²) in [6.45, 7) is 2.46. The van der Waals surface area contributed by atoms with Crippen LogP contribution in [0.5, 0.6) is 0 Å². The number of phosphoric acid groups is 1. The van der Waals surface area contributed by atoms with Crippen LogP contribution in [0.3, 0.4) is 0 Å². The van der Waals surface area contributed by atoms with Crippen molar-refractivity contribution in [3.8, 4) is 12.1 Å². The summed E-state index contributed by atoms with van der Waals surface area (Å²) < 4.78 is 17.7. The summed E-state index contributed by atoms with van der Waals surface area (Å²) in [5.41, 5.74) is 1.28. The summed E-state index contributed by atoms with van der Waals surface area (Å²) in [6, 6.07) is 6.10. The first kappa shape index (κ1) is 27.8. The molecular weight excluding hydrogens is 555 g/mol. The minimum absolute atomic E-state index is 0.0444. The largest absolute Gasteiger partial charge is 0.469 e. The van der Waals surface area contributed by atoms with Gasteiger partial charge in [-0.1, -0.05) is 11.6 Å². The fraction of sp³-hybridized carbons (Fsp3) is 0.333. The summed E-state index contributed by atoms with van der Waals surface area (Å²) in [6.07, 6.45) is -1.09. The van der Waals surface area contributed by atoms with Crippen LogP contribution in [0.4, 0.5) is 27.9 Å². The van der Waals surface area contributed by atoms with Crippen LogP contribution in [0, 0.1) is 22.7 Å². The Balaban J connectivity index is 1.71. The van der Waals surface area contributed by atoms with Gasteiger partial charge in [0.15, 0.2) is 17.2 Å². The first-order valence-corrected chi connectivity index (χ1v) is 13.3. The Morgan fingerprint density at radius 3 is 2.74 bits per heavy atom. The summed E-state index contributed by atoms with van der Waals surface area (Å²) in [7, 11) is -4.96. The summed E-state index contributed by atoms with van der Waals surface area (Å²) in [5.74, 6) is 0.401. The molecule has 18 heteroatoms. The highest BCUT2D eigenvalue weighted by atomic mass is 35.5. The van der Waals surface area contributed by atoms with E-state index in [0.717, 1.165) is 0 Å². The Morgan fingerprint density at radius 1 is 1.33 bits per heavy atom. The Labute approximate surface area is 226 Å². The standard InChI is InChI=1S/C21H22ClN10O6P/c1-2-25-18-19-26-9-12(8-24)32(19)30-20(29-18)27-14-5-11(7-23)6-15(17(14)22)31-4-3-13(28-21(33)34)16(10-31)38-39(35,36)37/h5-6,9,13,16,28H,2-4,10H2,1H3,(H,33,34)(H2,35,36,37)(H2,25,27,29,30)/t13-,16-/m1/s1. The van der Waals surface area contributed by atoms with E-state index in [1.165, 1.54) is 22.8 Å². The van der Waals surface area contributed by atoms with Crippen molar-refractivity contribution in [1.29, 1.82) is 10.5 Å². The van der Waals surface area contributed by atoms with Crippen molar-refractivity contribution in [2.24, 2.45) is 0 Å². The van der Waals surface area contributed by atoms with Gasteiger partial charge in [0, 0.05) is 19.6 Å². The number of carbonyl (C=O) groups is 1. The Bertz CT molecular complexity index is 1550. The summed E-state index contributed by atoms with van der Waals surface area (Å²) in [4.78, 5) is 40.1. The topological polar surface area (TPSA) is 234 Å². The van der Waals surface area contributed by atoms with Gasteiger partial charge in [0.05, 0.1) is 40.3 Å². The van der Waals surface area contributed by atoms with Gasteiger partial charge < -0.3 is 35.7 Å². The molecule has 3 aromatic rings. The fourth-order valence-corrected chi connectivity index (χ4v) is 5.00. The lowest BCUT2D eigenvalue weighted by Crippen LogP contribution is -2.54. The zero-order valence-corrected chi connectivity index (χ0v) is 21.9. The van der Waals surface area contributed by atoms with Crippen molar-refractivity contribution in [3.05, 3.63) is 34.6 Å². The predicted octanol–water partition coefficient (Wildman–Crippen LogP) is 2.02. The number of halogens is 1. The molecule has 1 aliphatic heterocycles. The van der Waals surface area contributed by atoms with Crippen molar-refractivity contribution in [3.63, 3.8) is 0 Å². The number of nitrogens with one attached hydrogen (secondary N) is 3. The number of amides is 1. The third-order valence-electron chi connectivity index (χ3n) is 5.73. The van der Waals surface area contributed by atoms with Crippen LogP contribution in [0.1, 0.15) is 24.6 Å². The number of nitriles is 2. The average Bonchev–Trinajstić information content (AvgIpc) is 3.28. The molecule has 1 amide bonds. The number of aromatic nitrogens is 4. The van der Waals surface area contributed by atoms with Crippen LogP contribution in [0.2, 0.25) is 5.02 Å². The number of piperidine rings is 1. The molecule has 0 aliphatic carbocycles. The minimum atomic E-state index is -4.96. The highest BCUT2D eigenvalue weighted by Crippen LogP contribution is 2.42. The molecule has 39 heavy (non-hydrogen) atoms. The van der Waals surface area contributed by atoms with Crippen LogP contribution in [0.25, 0.3) is 5.65 Å². The van der Waals surface area contributed by atoms with E-state index in [4.69, 9.17) is 21.2 Å². The lowest BCUT2D eigenvalue weighted by molar-refractivity contribution is 0.0903. The molecule has 1 fully saturated rings. The van der Waals surface area contributed by atoms with Crippen LogP contribution in [-0.2, 0) is 9.09 Å². The molecule has 2 atom stereocenters. The quantitative estimate of drug-likeness (QED) is 0.210. The van der Waals surface area contributed by atoms with E-state index in [0.29, 0.717) is 23.7 Å². The normalized spacial score (nSPS) is 17.3. The first-order chi connectivity index (χ1) is 18.5. The predicted molar refractivity (Wildman–Crippen MR) is 138 cm³/mol. The zero-order chi connectivity index (χ0) is 28.3. The van der Waals surface area contributed by atoms with E-state index in [2.05, 4.69) is 31.0 Å². The maximum atomic E-state index is 11.5. The van der Waals surface area contributed by atoms with E-state index in [-0.39, 0.29) is 47.4 Å². The molecule has 0 saturated carbocycles. The average molecular weight is 577 g/mol. The van der Waals surface area contributed by atoms with Crippen molar-refractivity contribution in [2.45, 2.75) is 25.5 Å². The Morgan fingerprint density at radius 2 is 2.10 bits per heavy atom. The maximum Gasteiger partial charge on any atom is 0.469 e. The van der Waals surface area contributed by atoms with E-state index < -0.39 is 26.1 Å². The number of anilines is 4. The number of fused-ring (bicyclic) bond motifs is 1. The second kappa shape index (κ2) is 11.3. The molecule has 1 aliphatic rings. The highest BCUT2D eigenvalue weighted by molar-refractivity contribution is 7.46. The molecule has 1 aromatic carbocycles. The van der Waals surface area contributed by atoms with Crippen LogP contribution in [-0.4, -0.2) is 72.3 Å². The van der Waals surface area contributed by atoms with Gasteiger partial charge >= 0.3 is 13.9 Å². The molecule has 0 spiro atoms. The van der Waals surface area contributed by atoms with Crippen LogP contribution < -0.4 is 20.9 Å². The molecule has 1 saturated heterocycles. The molecular formula is C21H22ClN10O6P. The molecule has 204 valence electrons. The summed E-state index contributed by atoms with van der Waals surface area (Å²) in [5, 5.41) is 40.9. The summed E-state index contributed by atoms with van der Waals surface area (Å²) >= 11 is 6.72. The molecule has 2 aromatic heterocycles. The molecule has 6 N–H and O–H groups in total. The van der Waals surface area contributed by atoms with E-state index >= 15 is 0 Å². The van der Waals surface area contributed by atoms with E-state index in [1.54, 1.807) is 4.90 Å². The SMILES string of the molecule is CCNc1nc(Nc2cc(C#N)cc(N3CC[C@@H](NC(=O)O)[C@H](OP(=O)(O)O)C3)c2Cl)nn2c(C#N)cnc12. The van der Waals surface area contributed by atoms with Gasteiger partial charge in [0.25, 0.3) is 0 Å². The molecule has 4 rings (SSSR count). The molecule has 0 unspecified atom stereocenters. The van der Waals surface area contributed by atoms with Crippen molar-refractivity contribution in [2.75, 3.05) is 35.2 Å². The number of nitrogens with zero attached hydrogens (tertiary/aromatic N) is 7.